The van der Waals surface area contributed by atoms with E-state index in [4.69, 9.17) is 0 Å². The van der Waals surface area contributed by atoms with Crippen LogP contribution in [0, 0.1) is 13.8 Å². The fourth-order valence-electron chi connectivity index (χ4n) is 3.28. The molecule has 1 aromatic heterocycles. The molecule has 23 heavy (non-hydrogen) atoms. The van der Waals surface area contributed by atoms with E-state index in [9.17, 15) is 4.79 Å². The standard InChI is InChI=1S/C18H24N4O/c1-13-5-4-6-14(2)17(13)12-21-9-7-16(11-21)22-10-8-18(20-22)19-15(3)23/h4-6,8,10,16H,7,9,11-12H2,1-3H3,(H,19,20,23)/t16-/m1/s1. The maximum Gasteiger partial charge on any atom is 0.222 e. The van der Waals surface area contributed by atoms with Crippen molar-refractivity contribution in [3.05, 3.63) is 47.2 Å². The van der Waals surface area contributed by atoms with E-state index in [0.29, 0.717) is 11.9 Å². The highest BCUT2D eigenvalue weighted by Gasteiger charge is 2.25. The Bertz CT molecular complexity index is 687. The van der Waals surface area contributed by atoms with Crippen LogP contribution >= 0.6 is 0 Å². The Morgan fingerprint density at radius 2 is 2.04 bits per heavy atom. The highest BCUT2D eigenvalue weighted by Crippen LogP contribution is 2.25. The third-order valence-electron chi connectivity index (χ3n) is 4.56. The molecule has 2 heterocycles. The van der Waals surface area contributed by atoms with E-state index in [1.165, 1.54) is 23.6 Å². The zero-order chi connectivity index (χ0) is 16.4. The van der Waals surface area contributed by atoms with Crippen LogP contribution in [0.15, 0.2) is 30.5 Å². The summed E-state index contributed by atoms with van der Waals surface area (Å²) in [6.07, 6.45) is 3.05. The van der Waals surface area contributed by atoms with Crippen molar-refractivity contribution in [2.75, 3.05) is 18.4 Å². The molecule has 0 unspecified atom stereocenters. The Morgan fingerprint density at radius 3 is 2.74 bits per heavy atom. The van der Waals surface area contributed by atoms with E-state index in [0.717, 1.165) is 26.1 Å². The first-order chi connectivity index (χ1) is 11.0. The second-order valence-corrected chi connectivity index (χ2v) is 6.41. The summed E-state index contributed by atoms with van der Waals surface area (Å²) in [6, 6.07) is 8.72. The summed E-state index contributed by atoms with van der Waals surface area (Å²) in [6.45, 7) is 8.94. The number of rotatable bonds is 4. The minimum absolute atomic E-state index is 0.0849. The number of likely N-dealkylation sites (tertiary alicyclic amines) is 1. The van der Waals surface area contributed by atoms with Crippen molar-refractivity contribution in [2.45, 2.75) is 39.8 Å². The van der Waals surface area contributed by atoms with Crippen molar-refractivity contribution in [3.63, 3.8) is 0 Å². The first-order valence-corrected chi connectivity index (χ1v) is 8.13. The average molecular weight is 312 g/mol. The van der Waals surface area contributed by atoms with E-state index in [-0.39, 0.29) is 5.91 Å². The van der Waals surface area contributed by atoms with Crippen LogP contribution in [0.3, 0.4) is 0 Å². The lowest BCUT2D eigenvalue weighted by Crippen LogP contribution is -2.22. The van der Waals surface area contributed by atoms with Crippen LogP contribution in [-0.4, -0.2) is 33.7 Å². The van der Waals surface area contributed by atoms with Gasteiger partial charge in [-0.3, -0.25) is 14.4 Å². The predicted octanol–water partition coefficient (Wildman–Crippen LogP) is 2.91. The van der Waals surface area contributed by atoms with Crippen molar-refractivity contribution in [2.24, 2.45) is 0 Å². The van der Waals surface area contributed by atoms with E-state index in [1.807, 2.05) is 16.9 Å². The number of anilines is 1. The number of aryl methyl sites for hydroxylation is 2. The second kappa shape index (κ2) is 6.54. The van der Waals surface area contributed by atoms with Gasteiger partial charge in [0.25, 0.3) is 0 Å². The van der Waals surface area contributed by atoms with Gasteiger partial charge in [0.05, 0.1) is 6.04 Å². The molecule has 0 bridgehead atoms. The minimum Gasteiger partial charge on any atom is -0.309 e. The molecule has 0 spiro atoms. The van der Waals surface area contributed by atoms with Gasteiger partial charge in [0.2, 0.25) is 5.91 Å². The van der Waals surface area contributed by atoms with Crippen LogP contribution in [0.25, 0.3) is 0 Å². The van der Waals surface area contributed by atoms with Gasteiger partial charge in [0.1, 0.15) is 0 Å². The number of nitrogens with zero attached hydrogens (tertiary/aromatic N) is 3. The van der Waals surface area contributed by atoms with E-state index in [1.54, 1.807) is 0 Å². The fraction of sp³-hybridized carbons (Fsp3) is 0.444. The quantitative estimate of drug-likeness (QED) is 0.944. The minimum atomic E-state index is -0.0849. The van der Waals surface area contributed by atoms with Crippen molar-refractivity contribution in [1.82, 2.24) is 14.7 Å². The van der Waals surface area contributed by atoms with Crippen LogP contribution in [-0.2, 0) is 11.3 Å². The maximum atomic E-state index is 11.1. The number of nitrogens with one attached hydrogen (secondary N) is 1. The molecule has 1 aliphatic heterocycles. The van der Waals surface area contributed by atoms with Crippen LogP contribution in [0.2, 0.25) is 0 Å². The van der Waals surface area contributed by atoms with Crippen LogP contribution in [0.4, 0.5) is 5.82 Å². The zero-order valence-electron chi connectivity index (χ0n) is 14.0. The second-order valence-electron chi connectivity index (χ2n) is 6.41. The molecule has 1 N–H and O–H groups in total. The molecule has 0 radical (unpaired) electrons. The Morgan fingerprint density at radius 1 is 1.30 bits per heavy atom. The van der Waals surface area contributed by atoms with Gasteiger partial charge in [0, 0.05) is 38.8 Å². The molecule has 1 fully saturated rings. The Hall–Kier alpha value is -2.14. The summed E-state index contributed by atoms with van der Waals surface area (Å²) in [4.78, 5) is 13.6. The topological polar surface area (TPSA) is 50.2 Å². The average Bonchev–Trinajstić information content (AvgIpc) is 3.11. The zero-order valence-corrected chi connectivity index (χ0v) is 14.0. The number of hydrogen-bond acceptors (Lipinski definition) is 3. The molecule has 1 atom stereocenters. The smallest absolute Gasteiger partial charge is 0.222 e. The number of benzene rings is 1. The monoisotopic (exact) mass is 312 g/mol. The molecule has 1 saturated heterocycles. The highest BCUT2D eigenvalue weighted by molar-refractivity contribution is 5.87. The summed E-state index contributed by atoms with van der Waals surface area (Å²) in [5, 5.41) is 7.20. The first-order valence-electron chi connectivity index (χ1n) is 8.13. The van der Waals surface area contributed by atoms with Crippen molar-refractivity contribution >= 4 is 11.7 Å². The van der Waals surface area contributed by atoms with Crippen molar-refractivity contribution in [1.29, 1.82) is 0 Å². The van der Waals surface area contributed by atoms with Gasteiger partial charge >= 0.3 is 0 Å². The molecular formula is C18H24N4O. The molecule has 122 valence electrons. The number of carbonyl (C=O) groups excluding carboxylic acids is 1. The summed E-state index contributed by atoms with van der Waals surface area (Å²) >= 11 is 0. The third kappa shape index (κ3) is 3.62. The normalized spacial score (nSPS) is 18.3. The SMILES string of the molecule is CC(=O)Nc1ccn([C@@H]2CCN(Cc3c(C)cccc3C)C2)n1. The molecule has 1 aromatic carbocycles. The summed E-state index contributed by atoms with van der Waals surface area (Å²) in [5.74, 6) is 0.545. The van der Waals surface area contributed by atoms with E-state index >= 15 is 0 Å². The van der Waals surface area contributed by atoms with Gasteiger partial charge in [-0.2, -0.15) is 5.10 Å². The van der Waals surface area contributed by atoms with Crippen molar-refractivity contribution in [3.8, 4) is 0 Å². The van der Waals surface area contributed by atoms with Crippen LogP contribution in [0.5, 0.6) is 0 Å². The van der Waals surface area contributed by atoms with Crippen LogP contribution in [0.1, 0.15) is 36.1 Å². The molecule has 5 heteroatoms. The number of amides is 1. The lowest BCUT2D eigenvalue weighted by atomic mass is 10.0. The highest BCUT2D eigenvalue weighted by atomic mass is 16.1. The lowest BCUT2D eigenvalue weighted by molar-refractivity contribution is -0.114. The Kier molecular flexibility index (Phi) is 4.48. The molecule has 2 aromatic rings. The van der Waals surface area contributed by atoms with Crippen LogP contribution < -0.4 is 5.32 Å². The molecule has 0 saturated carbocycles. The number of hydrogen-bond donors (Lipinski definition) is 1. The van der Waals surface area contributed by atoms with Gasteiger partial charge < -0.3 is 5.32 Å². The lowest BCUT2D eigenvalue weighted by Gasteiger charge is -2.19. The number of carbonyl (C=O) groups is 1. The Labute approximate surface area is 137 Å². The summed E-state index contributed by atoms with van der Waals surface area (Å²) in [5.41, 5.74) is 4.16. The Balaban J connectivity index is 1.64. The molecule has 1 amide bonds. The maximum absolute atomic E-state index is 11.1. The third-order valence-corrected chi connectivity index (χ3v) is 4.56. The largest absolute Gasteiger partial charge is 0.309 e. The predicted molar refractivity (Wildman–Crippen MR) is 91.4 cm³/mol. The van der Waals surface area contributed by atoms with Gasteiger partial charge in [-0.05, 0) is 37.0 Å². The first kappa shape index (κ1) is 15.7. The van der Waals surface area contributed by atoms with E-state index in [2.05, 4.69) is 47.4 Å². The summed E-state index contributed by atoms with van der Waals surface area (Å²) < 4.78 is 1.98. The molecule has 3 rings (SSSR count). The van der Waals surface area contributed by atoms with Crippen molar-refractivity contribution < 1.29 is 4.79 Å². The molecule has 1 aliphatic rings. The molecular weight excluding hydrogens is 288 g/mol. The van der Waals surface area contributed by atoms with Gasteiger partial charge in [-0.25, -0.2) is 0 Å². The number of aromatic nitrogens is 2. The summed E-state index contributed by atoms with van der Waals surface area (Å²) in [7, 11) is 0. The molecule has 0 aliphatic carbocycles. The van der Waals surface area contributed by atoms with E-state index < -0.39 is 0 Å². The molecule has 5 nitrogen and oxygen atoms in total. The van der Waals surface area contributed by atoms with Gasteiger partial charge in [-0.1, -0.05) is 18.2 Å². The van der Waals surface area contributed by atoms with Gasteiger partial charge in [-0.15, -0.1) is 0 Å². The fourth-order valence-corrected chi connectivity index (χ4v) is 3.28. The van der Waals surface area contributed by atoms with Gasteiger partial charge in [0.15, 0.2) is 5.82 Å².